The first-order valence-electron chi connectivity index (χ1n) is 4.60. The summed E-state index contributed by atoms with van der Waals surface area (Å²) < 4.78 is 5.63. The monoisotopic (exact) mass is 173 g/mol. The molecule has 2 nitrogen and oxygen atoms in total. The second-order valence-corrected chi connectivity index (χ2v) is 4.84. The Bertz CT molecular complexity index is 124. The van der Waals surface area contributed by atoms with E-state index in [1.54, 1.807) is 0 Å². The van der Waals surface area contributed by atoms with Crippen LogP contribution in [0, 0.1) is 0 Å². The molecule has 0 aliphatic heterocycles. The van der Waals surface area contributed by atoms with Crippen LogP contribution in [0.5, 0.6) is 0 Å². The Kier molecular flexibility index (Phi) is 4.21. The van der Waals surface area contributed by atoms with E-state index in [1.165, 1.54) is 0 Å². The van der Waals surface area contributed by atoms with Gasteiger partial charge in [-0.15, -0.1) is 0 Å². The third-order valence-electron chi connectivity index (χ3n) is 1.94. The van der Waals surface area contributed by atoms with E-state index in [9.17, 15) is 0 Å². The molecule has 0 heterocycles. The average Bonchev–Trinajstić information content (AvgIpc) is 1.84. The predicted molar refractivity (Wildman–Crippen MR) is 53.5 cm³/mol. The summed E-state index contributed by atoms with van der Waals surface area (Å²) in [5.41, 5.74) is 0.176. The molecule has 0 aliphatic rings. The predicted octanol–water partition coefficient (Wildman–Crippen LogP) is 2.19. The first-order valence-corrected chi connectivity index (χ1v) is 4.60. The molecule has 2 heteroatoms. The van der Waals surface area contributed by atoms with Crippen LogP contribution < -0.4 is 5.32 Å². The second kappa shape index (κ2) is 4.24. The fourth-order valence-electron chi connectivity index (χ4n) is 0.737. The van der Waals surface area contributed by atoms with E-state index < -0.39 is 0 Å². The molecule has 0 aromatic heterocycles. The molecule has 1 N–H and O–H groups in total. The zero-order chi connectivity index (χ0) is 9.83. The number of hydrogen-bond acceptors (Lipinski definition) is 2. The number of hydrogen-bond donors (Lipinski definition) is 1. The molecule has 0 radical (unpaired) electrons. The number of nitrogens with one attached hydrogen (secondary N) is 1. The zero-order valence-electron chi connectivity index (χ0n) is 9.32. The molecule has 0 unspecified atom stereocenters. The van der Waals surface area contributed by atoms with Crippen molar-refractivity contribution in [1.82, 2.24) is 5.32 Å². The Hall–Kier alpha value is -0.0800. The van der Waals surface area contributed by atoms with Gasteiger partial charge >= 0.3 is 0 Å². The van der Waals surface area contributed by atoms with Crippen molar-refractivity contribution >= 4 is 0 Å². The van der Waals surface area contributed by atoms with Gasteiger partial charge in [0.2, 0.25) is 0 Å². The summed E-state index contributed by atoms with van der Waals surface area (Å²) in [6, 6.07) is 0. The summed E-state index contributed by atoms with van der Waals surface area (Å²) in [5, 5.41) is 3.25. The highest BCUT2D eigenvalue weighted by atomic mass is 16.5. The Labute approximate surface area is 76.7 Å². The van der Waals surface area contributed by atoms with Crippen LogP contribution in [0.2, 0.25) is 0 Å². The minimum absolute atomic E-state index is 0.0101. The summed E-state index contributed by atoms with van der Waals surface area (Å²) >= 11 is 0. The van der Waals surface area contributed by atoms with Crippen molar-refractivity contribution in [3.05, 3.63) is 0 Å². The fraction of sp³-hybridized carbons (Fsp3) is 1.00. The Morgan fingerprint density at radius 1 is 1.08 bits per heavy atom. The molecule has 0 aliphatic carbocycles. The smallest absolute Gasteiger partial charge is 0.0598 e. The molecule has 0 amide bonds. The van der Waals surface area contributed by atoms with Crippen LogP contribution in [-0.2, 0) is 4.74 Å². The van der Waals surface area contributed by atoms with Crippen LogP contribution in [0.15, 0.2) is 0 Å². The van der Waals surface area contributed by atoms with Crippen molar-refractivity contribution in [2.24, 2.45) is 0 Å². The molecule has 0 rings (SSSR count). The zero-order valence-corrected chi connectivity index (χ0v) is 9.32. The van der Waals surface area contributed by atoms with Gasteiger partial charge in [0.05, 0.1) is 5.60 Å². The van der Waals surface area contributed by atoms with E-state index in [0.717, 1.165) is 13.0 Å². The largest absolute Gasteiger partial charge is 0.376 e. The van der Waals surface area contributed by atoms with Crippen LogP contribution in [-0.4, -0.2) is 24.8 Å². The Balaban J connectivity index is 3.57. The van der Waals surface area contributed by atoms with Crippen molar-refractivity contribution in [3.8, 4) is 0 Å². The molecule has 0 aromatic rings. The molecule has 74 valence electrons. The molecule has 0 saturated heterocycles. The summed E-state index contributed by atoms with van der Waals surface area (Å²) in [6.45, 7) is 11.4. The van der Waals surface area contributed by atoms with Crippen molar-refractivity contribution in [3.63, 3.8) is 0 Å². The fourth-order valence-corrected chi connectivity index (χ4v) is 0.737. The van der Waals surface area contributed by atoms with Crippen molar-refractivity contribution < 1.29 is 4.74 Å². The third kappa shape index (κ3) is 6.62. The maximum absolute atomic E-state index is 5.63. The van der Waals surface area contributed by atoms with E-state index >= 15 is 0 Å². The van der Waals surface area contributed by atoms with Crippen LogP contribution in [0.4, 0.5) is 0 Å². The first kappa shape index (κ1) is 11.9. The molecule has 12 heavy (non-hydrogen) atoms. The van der Waals surface area contributed by atoms with E-state index in [2.05, 4.69) is 39.9 Å². The summed E-state index contributed by atoms with van der Waals surface area (Å²) in [7, 11) is 1.98. The van der Waals surface area contributed by atoms with Crippen LogP contribution in [0.1, 0.15) is 41.0 Å². The van der Waals surface area contributed by atoms with Gasteiger partial charge < -0.3 is 10.1 Å². The maximum Gasteiger partial charge on any atom is 0.0598 e. The normalized spacial score (nSPS) is 13.5. The average molecular weight is 173 g/mol. The second-order valence-electron chi connectivity index (χ2n) is 4.84. The van der Waals surface area contributed by atoms with Crippen LogP contribution >= 0.6 is 0 Å². The summed E-state index contributed by atoms with van der Waals surface area (Å²) in [6.07, 6.45) is 1.04. The standard InChI is InChI=1S/C10H23NO/c1-9(2,3)12-8-7-10(4,5)11-6/h11H,7-8H2,1-6H3. The van der Waals surface area contributed by atoms with Crippen LogP contribution in [0.25, 0.3) is 0 Å². The van der Waals surface area contributed by atoms with E-state index in [4.69, 9.17) is 4.74 Å². The van der Waals surface area contributed by atoms with Gasteiger partial charge in [-0.05, 0) is 48.1 Å². The number of rotatable bonds is 4. The lowest BCUT2D eigenvalue weighted by Gasteiger charge is -2.26. The lowest BCUT2D eigenvalue weighted by Crippen LogP contribution is -2.38. The van der Waals surface area contributed by atoms with E-state index in [1.807, 2.05) is 7.05 Å². The first-order chi connectivity index (χ1) is 5.27. The lowest BCUT2D eigenvalue weighted by molar-refractivity contribution is -0.0110. The van der Waals surface area contributed by atoms with Crippen molar-refractivity contribution in [2.75, 3.05) is 13.7 Å². The SMILES string of the molecule is CNC(C)(C)CCOC(C)(C)C. The van der Waals surface area contributed by atoms with Gasteiger partial charge in [-0.1, -0.05) is 0 Å². The van der Waals surface area contributed by atoms with Gasteiger partial charge in [0.1, 0.15) is 0 Å². The topological polar surface area (TPSA) is 21.3 Å². The third-order valence-corrected chi connectivity index (χ3v) is 1.94. The van der Waals surface area contributed by atoms with Crippen molar-refractivity contribution in [1.29, 1.82) is 0 Å². The molecular formula is C10H23NO. The minimum Gasteiger partial charge on any atom is -0.376 e. The lowest BCUT2D eigenvalue weighted by atomic mass is 10.0. The quantitative estimate of drug-likeness (QED) is 0.703. The van der Waals surface area contributed by atoms with E-state index in [-0.39, 0.29) is 11.1 Å². The molecule has 0 spiro atoms. The minimum atomic E-state index is -0.0101. The molecule has 0 atom stereocenters. The number of ether oxygens (including phenoxy) is 1. The highest BCUT2D eigenvalue weighted by molar-refractivity contribution is 4.75. The Morgan fingerprint density at radius 2 is 1.58 bits per heavy atom. The van der Waals surface area contributed by atoms with Gasteiger partial charge in [-0.25, -0.2) is 0 Å². The molecule has 0 aromatic carbocycles. The highest BCUT2D eigenvalue weighted by Gasteiger charge is 2.16. The Morgan fingerprint density at radius 3 is 1.92 bits per heavy atom. The van der Waals surface area contributed by atoms with Crippen molar-refractivity contribution in [2.45, 2.75) is 52.2 Å². The molecular weight excluding hydrogens is 150 g/mol. The molecule has 0 bridgehead atoms. The summed E-state index contributed by atoms with van der Waals surface area (Å²) in [4.78, 5) is 0. The van der Waals surface area contributed by atoms with Gasteiger partial charge in [0.25, 0.3) is 0 Å². The van der Waals surface area contributed by atoms with Crippen LogP contribution in [0.3, 0.4) is 0 Å². The van der Waals surface area contributed by atoms with Gasteiger partial charge in [0, 0.05) is 12.1 Å². The van der Waals surface area contributed by atoms with E-state index in [0.29, 0.717) is 0 Å². The summed E-state index contributed by atoms with van der Waals surface area (Å²) in [5.74, 6) is 0. The van der Waals surface area contributed by atoms with Gasteiger partial charge in [0.15, 0.2) is 0 Å². The van der Waals surface area contributed by atoms with Gasteiger partial charge in [-0.2, -0.15) is 0 Å². The molecule has 0 saturated carbocycles. The van der Waals surface area contributed by atoms with Gasteiger partial charge in [-0.3, -0.25) is 0 Å². The maximum atomic E-state index is 5.63. The highest BCUT2D eigenvalue weighted by Crippen LogP contribution is 2.12. The molecule has 0 fully saturated rings.